The highest BCUT2D eigenvalue weighted by molar-refractivity contribution is 7.15. The number of aryl methyl sites for hydroxylation is 1. The van der Waals surface area contributed by atoms with Crippen molar-refractivity contribution in [3.05, 3.63) is 40.4 Å². The number of thiazole rings is 1. The van der Waals surface area contributed by atoms with E-state index in [4.69, 9.17) is 16.2 Å². The van der Waals surface area contributed by atoms with E-state index in [1.165, 1.54) is 17.4 Å². The molecule has 1 aliphatic rings. The first-order valence-electron chi connectivity index (χ1n) is 7.08. The molecule has 1 aliphatic carbocycles. The second kappa shape index (κ2) is 5.68. The number of aromatic nitrogens is 1. The van der Waals surface area contributed by atoms with E-state index in [2.05, 4.69) is 4.98 Å². The number of ether oxygens (including phenoxy) is 1. The fraction of sp³-hybridized carbons (Fsp3) is 0.400. The van der Waals surface area contributed by atoms with Crippen LogP contribution in [0.15, 0.2) is 24.3 Å². The van der Waals surface area contributed by atoms with Crippen LogP contribution in [0.3, 0.4) is 0 Å². The fourth-order valence-electron chi connectivity index (χ4n) is 2.76. The van der Waals surface area contributed by atoms with Gasteiger partial charge in [0.15, 0.2) is 11.7 Å². The molecule has 1 aromatic carbocycles. The lowest BCUT2D eigenvalue weighted by atomic mass is 9.78. The molecule has 1 unspecified atom stereocenters. The Kier molecular flexibility index (Phi) is 3.97. The monoisotopic (exact) mass is 343 g/mol. The van der Waals surface area contributed by atoms with Crippen LogP contribution in [-0.4, -0.2) is 17.8 Å². The number of halogens is 3. The van der Waals surface area contributed by atoms with E-state index < -0.39 is 18.3 Å². The van der Waals surface area contributed by atoms with Crippen LogP contribution >= 0.6 is 11.3 Å². The van der Waals surface area contributed by atoms with Crippen molar-refractivity contribution in [1.82, 2.24) is 4.98 Å². The van der Waals surface area contributed by atoms with Crippen molar-refractivity contribution in [2.45, 2.75) is 31.0 Å². The molecule has 8 heteroatoms. The third-order valence-electron chi connectivity index (χ3n) is 3.89. The van der Waals surface area contributed by atoms with Crippen LogP contribution < -0.4 is 16.2 Å². The number of nitrogens with two attached hydrogens (primary N) is 2. The van der Waals surface area contributed by atoms with Crippen molar-refractivity contribution < 1.29 is 17.9 Å². The minimum absolute atomic E-state index is 0.166. The summed E-state index contributed by atoms with van der Waals surface area (Å²) in [5.41, 5.74) is 13.3. The van der Waals surface area contributed by atoms with Gasteiger partial charge in [-0.3, -0.25) is 0 Å². The molecule has 0 spiro atoms. The predicted molar refractivity (Wildman–Crippen MR) is 82.4 cm³/mol. The number of nitrogen functional groups attached to an aromatic ring is 1. The third-order valence-corrected chi connectivity index (χ3v) is 4.82. The third kappa shape index (κ3) is 3.59. The number of hydrogen-bond acceptors (Lipinski definition) is 5. The first-order chi connectivity index (χ1) is 10.8. The Morgan fingerprint density at radius 2 is 2.13 bits per heavy atom. The molecule has 0 aliphatic heterocycles. The van der Waals surface area contributed by atoms with Gasteiger partial charge >= 0.3 is 6.18 Å². The van der Waals surface area contributed by atoms with Gasteiger partial charge in [0.25, 0.3) is 0 Å². The van der Waals surface area contributed by atoms with Crippen LogP contribution in [0.5, 0.6) is 5.75 Å². The van der Waals surface area contributed by atoms with Crippen molar-refractivity contribution in [1.29, 1.82) is 0 Å². The standard InChI is InChI=1S/C15H16F3N3OS/c16-15(17,18)8-22-10-3-1-2-9(6-10)14(20)5-4-11-12(7-14)23-13(19)21-11/h1-3,6H,4-5,7-8,20H2,(H2,19,21). The van der Waals surface area contributed by atoms with Crippen LogP contribution in [0.2, 0.25) is 0 Å². The van der Waals surface area contributed by atoms with Crippen molar-refractivity contribution in [2.24, 2.45) is 5.73 Å². The lowest BCUT2D eigenvalue weighted by Crippen LogP contribution is -2.41. The minimum Gasteiger partial charge on any atom is -0.484 e. The van der Waals surface area contributed by atoms with Gasteiger partial charge in [0, 0.05) is 16.8 Å². The summed E-state index contributed by atoms with van der Waals surface area (Å²) in [5.74, 6) is 0.166. The Balaban J connectivity index is 1.81. The number of fused-ring (bicyclic) bond motifs is 1. The molecule has 1 aromatic heterocycles. The number of nitrogens with zero attached hydrogens (tertiary/aromatic N) is 1. The van der Waals surface area contributed by atoms with Gasteiger partial charge in [-0.1, -0.05) is 12.1 Å². The molecule has 0 saturated heterocycles. The van der Waals surface area contributed by atoms with Crippen LogP contribution in [0.4, 0.5) is 18.3 Å². The van der Waals surface area contributed by atoms with E-state index in [-0.39, 0.29) is 5.75 Å². The van der Waals surface area contributed by atoms with Gasteiger partial charge in [-0.15, -0.1) is 11.3 Å². The van der Waals surface area contributed by atoms with Gasteiger partial charge in [-0.05, 0) is 30.5 Å². The number of alkyl halides is 3. The van der Waals surface area contributed by atoms with Crippen molar-refractivity contribution in [2.75, 3.05) is 12.3 Å². The first-order valence-corrected chi connectivity index (χ1v) is 7.90. The maximum absolute atomic E-state index is 12.3. The predicted octanol–water partition coefficient (Wildman–Crippen LogP) is 3.01. The van der Waals surface area contributed by atoms with E-state index >= 15 is 0 Å². The lowest BCUT2D eigenvalue weighted by Gasteiger charge is -2.33. The normalized spacial score (nSPS) is 21.0. The summed E-state index contributed by atoms with van der Waals surface area (Å²) in [5, 5.41) is 0.515. The largest absolute Gasteiger partial charge is 0.484 e. The van der Waals surface area contributed by atoms with Gasteiger partial charge in [-0.25, -0.2) is 4.98 Å². The highest BCUT2D eigenvalue weighted by atomic mass is 32.1. The van der Waals surface area contributed by atoms with E-state index in [9.17, 15) is 13.2 Å². The Morgan fingerprint density at radius 3 is 2.87 bits per heavy atom. The zero-order valence-electron chi connectivity index (χ0n) is 12.2. The zero-order valence-corrected chi connectivity index (χ0v) is 13.0. The second-order valence-corrected chi connectivity index (χ2v) is 6.80. The summed E-state index contributed by atoms with van der Waals surface area (Å²) < 4.78 is 41.6. The van der Waals surface area contributed by atoms with Crippen LogP contribution in [0.1, 0.15) is 22.6 Å². The molecule has 2 aromatic rings. The Hall–Kier alpha value is -1.80. The van der Waals surface area contributed by atoms with Crippen molar-refractivity contribution >= 4 is 16.5 Å². The minimum atomic E-state index is -4.36. The molecular formula is C15H16F3N3OS. The maximum atomic E-state index is 12.3. The van der Waals surface area contributed by atoms with Gasteiger partial charge in [0.2, 0.25) is 0 Å². The number of hydrogen-bond donors (Lipinski definition) is 2. The summed E-state index contributed by atoms with van der Waals surface area (Å²) in [6.45, 7) is -1.32. The zero-order chi connectivity index (χ0) is 16.7. The Labute approximate surface area is 135 Å². The number of benzene rings is 1. The van der Waals surface area contributed by atoms with E-state index in [0.29, 0.717) is 24.4 Å². The molecule has 4 nitrogen and oxygen atoms in total. The first kappa shape index (κ1) is 16.1. The molecule has 1 heterocycles. The lowest BCUT2D eigenvalue weighted by molar-refractivity contribution is -0.153. The van der Waals surface area contributed by atoms with Crippen LogP contribution in [-0.2, 0) is 18.4 Å². The topological polar surface area (TPSA) is 74.2 Å². The van der Waals surface area contributed by atoms with Gasteiger partial charge < -0.3 is 16.2 Å². The molecule has 0 bridgehead atoms. The summed E-state index contributed by atoms with van der Waals surface area (Å²) in [7, 11) is 0. The molecule has 0 fully saturated rings. The average molecular weight is 343 g/mol. The highest BCUT2D eigenvalue weighted by Gasteiger charge is 2.35. The quantitative estimate of drug-likeness (QED) is 0.898. The molecule has 124 valence electrons. The number of anilines is 1. The maximum Gasteiger partial charge on any atom is 0.422 e. The number of rotatable bonds is 3. The summed E-state index contributed by atoms with van der Waals surface area (Å²) in [6.07, 6.45) is -2.44. The van der Waals surface area contributed by atoms with Crippen LogP contribution in [0.25, 0.3) is 0 Å². The molecular weight excluding hydrogens is 327 g/mol. The SMILES string of the molecule is Nc1nc2c(s1)CC(N)(c1cccc(OCC(F)(F)F)c1)CC2. The fourth-order valence-corrected chi connectivity index (χ4v) is 3.76. The smallest absolute Gasteiger partial charge is 0.422 e. The highest BCUT2D eigenvalue weighted by Crippen LogP contribution is 2.38. The van der Waals surface area contributed by atoms with Gasteiger partial charge in [-0.2, -0.15) is 13.2 Å². The van der Waals surface area contributed by atoms with Crippen LogP contribution in [0, 0.1) is 0 Å². The average Bonchev–Trinajstić information content (AvgIpc) is 2.84. The Morgan fingerprint density at radius 1 is 1.35 bits per heavy atom. The van der Waals surface area contributed by atoms with Crippen molar-refractivity contribution in [3.8, 4) is 5.75 Å². The van der Waals surface area contributed by atoms with E-state index in [1.54, 1.807) is 12.1 Å². The summed E-state index contributed by atoms with van der Waals surface area (Å²) >= 11 is 1.41. The molecule has 4 N–H and O–H groups in total. The van der Waals surface area contributed by atoms with E-state index in [0.717, 1.165) is 16.1 Å². The molecule has 0 amide bonds. The van der Waals surface area contributed by atoms with E-state index in [1.807, 2.05) is 6.07 Å². The molecule has 1 atom stereocenters. The molecule has 0 radical (unpaired) electrons. The van der Waals surface area contributed by atoms with Crippen molar-refractivity contribution in [3.63, 3.8) is 0 Å². The van der Waals surface area contributed by atoms with Gasteiger partial charge in [0.1, 0.15) is 5.75 Å². The Bertz CT molecular complexity index is 716. The second-order valence-electron chi connectivity index (χ2n) is 5.69. The summed E-state index contributed by atoms with van der Waals surface area (Å²) in [6, 6.07) is 6.56. The molecule has 0 saturated carbocycles. The molecule has 3 rings (SSSR count). The summed E-state index contributed by atoms with van der Waals surface area (Å²) in [4.78, 5) is 5.32. The molecule has 23 heavy (non-hydrogen) atoms. The van der Waals surface area contributed by atoms with Gasteiger partial charge in [0.05, 0.1) is 5.69 Å².